The maximum atomic E-state index is 10.7. The van der Waals surface area contributed by atoms with Gasteiger partial charge < -0.3 is 15.2 Å². The average Bonchev–Trinajstić information content (AvgIpc) is 2.87. The summed E-state index contributed by atoms with van der Waals surface area (Å²) in [6.45, 7) is 6.20. The molecule has 0 radical (unpaired) electrons. The van der Waals surface area contributed by atoms with Gasteiger partial charge in [-0.15, -0.1) is 6.58 Å². The van der Waals surface area contributed by atoms with E-state index in [2.05, 4.69) is 11.9 Å². The Hall–Kier alpha value is -1.65. The Morgan fingerprint density at radius 3 is 2.84 bits per heavy atom. The van der Waals surface area contributed by atoms with Crippen LogP contribution < -0.4 is 5.32 Å². The lowest BCUT2D eigenvalue weighted by atomic mass is 10.0. The molecule has 0 saturated carbocycles. The SMILES string of the molecule is C=C[C@@H]1OCC[C@H]1CNCc1ccc(C(=O)O)cc1. The van der Waals surface area contributed by atoms with Gasteiger partial charge in [-0.05, 0) is 24.1 Å². The highest BCUT2D eigenvalue weighted by atomic mass is 16.5. The molecule has 2 N–H and O–H groups in total. The molecular formula is C15H19NO3. The topological polar surface area (TPSA) is 58.6 Å². The molecule has 0 aromatic heterocycles. The summed E-state index contributed by atoms with van der Waals surface area (Å²) in [6.07, 6.45) is 3.07. The average molecular weight is 261 g/mol. The lowest BCUT2D eigenvalue weighted by Gasteiger charge is -2.15. The normalized spacial score (nSPS) is 22.3. The quantitative estimate of drug-likeness (QED) is 0.770. The predicted molar refractivity (Wildman–Crippen MR) is 73.2 cm³/mol. The summed E-state index contributed by atoms with van der Waals surface area (Å²) in [4.78, 5) is 10.7. The minimum atomic E-state index is -0.892. The molecule has 0 spiro atoms. The van der Waals surface area contributed by atoms with Crippen LogP contribution in [0.15, 0.2) is 36.9 Å². The Morgan fingerprint density at radius 2 is 2.21 bits per heavy atom. The Morgan fingerprint density at radius 1 is 1.47 bits per heavy atom. The molecule has 1 aliphatic heterocycles. The van der Waals surface area contributed by atoms with Gasteiger partial charge in [0.25, 0.3) is 0 Å². The highest BCUT2D eigenvalue weighted by Crippen LogP contribution is 2.20. The van der Waals surface area contributed by atoms with Gasteiger partial charge >= 0.3 is 5.97 Å². The summed E-state index contributed by atoms with van der Waals surface area (Å²) < 4.78 is 5.54. The molecule has 2 rings (SSSR count). The van der Waals surface area contributed by atoms with E-state index >= 15 is 0 Å². The fourth-order valence-electron chi connectivity index (χ4n) is 2.30. The van der Waals surface area contributed by atoms with Crippen LogP contribution in [-0.2, 0) is 11.3 Å². The van der Waals surface area contributed by atoms with E-state index in [1.54, 1.807) is 12.1 Å². The monoisotopic (exact) mass is 261 g/mol. The Balaban J connectivity index is 1.79. The van der Waals surface area contributed by atoms with Gasteiger partial charge in [0.1, 0.15) is 0 Å². The summed E-state index contributed by atoms with van der Waals surface area (Å²) in [5.74, 6) is -0.410. The molecule has 0 amide bonds. The summed E-state index contributed by atoms with van der Waals surface area (Å²) in [5, 5.41) is 12.2. The number of ether oxygens (including phenoxy) is 1. The Kier molecular flexibility index (Phi) is 4.71. The van der Waals surface area contributed by atoms with Gasteiger partial charge in [0.15, 0.2) is 0 Å². The second-order valence-corrected chi connectivity index (χ2v) is 4.75. The molecule has 1 fully saturated rings. The molecule has 19 heavy (non-hydrogen) atoms. The first-order valence-corrected chi connectivity index (χ1v) is 6.48. The van der Waals surface area contributed by atoms with E-state index in [0.717, 1.165) is 31.7 Å². The fourth-order valence-corrected chi connectivity index (χ4v) is 2.30. The van der Waals surface area contributed by atoms with Crippen molar-refractivity contribution in [2.24, 2.45) is 5.92 Å². The van der Waals surface area contributed by atoms with Crippen molar-refractivity contribution in [2.45, 2.75) is 19.1 Å². The molecule has 1 aromatic carbocycles. The zero-order valence-electron chi connectivity index (χ0n) is 10.8. The highest BCUT2D eigenvalue weighted by molar-refractivity contribution is 5.87. The molecule has 0 aliphatic carbocycles. The molecule has 1 saturated heterocycles. The minimum Gasteiger partial charge on any atom is -0.478 e. The number of hydrogen-bond acceptors (Lipinski definition) is 3. The number of carbonyl (C=O) groups is 1. The van der Waals surface area contributed by atoms with Crippen molar-refractivity contribution in [3.05, 3.63) is 48.0 Å². The first kappa shape index (κ1) is 13.8. The number of nitrogens with one attached hydrogen (secondary N) is 1. The predicted octanol–water partition coefficient (Wildman–Crippen LogP) is 2.07. The van der Waals surface area contributed by atoms with Crippen LogP contribution in [0.5, 0.6) is 0 Å². The number of carboxylic acids is 1. The van der Waals surface area contributed by atoms with Crippen molar-refractivity contribution in [1.29, 1.82) is 0 Å². The van der Waals surface area contributed by atoms with Gasteiger partial charge in [-0.3, -0.25) is 0 Å². The van der Waals surface area contributed by atoms with E-state index in [0.29, 0.717) is 11.5 Å². The molecule has 1 aromatic rings. The Bertz CT molecular complexity index is 441. The first-order chi connectivity index (χ1) is 9.20. The first-order valence-electron chi connectivity index (χ1n) is 6.48. The summed E-state index contributed by atoms with van der Waals surface area (Å²) >= 11 is 0. The largest absolute Gasteiger partial charge is 0.478 e. The molecule has 1 heterocycles. The van der Waals surface area contributed by atoms with Gasteiger partial charge in [0, 0.05) is 25.6 Å². The second kappa shape index (κ2) is 6.50. The third kappa shape index (κ3) is 3.66. The third-order valence-corrected chi connectivity index (χ3v) is 3.43. The van der Waals surface area contributed by atoms with Crippen LogP contribution in [0.3, 0.4) is 0 Å². The van der Waals surface area contributed by atoms with E-state index in [-0.39, 0.29) is 6.10 Å². The van der Waals surface area contributed by atoms with E-state index in [9.17, 15) is 4.79 Å². The molecular weight excluding hydrogens is 242 g/mol. The number of carboxylic acid groups (broad SMARTS) is 1. The van der Waals surface area contributed by atoms with Crippen LogP contribution in [-0.4, -0.2) is 30.3 Å². The lowest BCUT2D eigenvalue weighted by molar-refractivity contribution is 0.0697. The molecule has 0 unspecified atom stereocenters. The van der Waals surface area contributed by atoms with E-state index in [4.69, 9.17) is 9.84 Å². The summed E-state index contributed by atoms with van der Waals surface area (Å²) in [5.41, 5.74) is 1.40. The zero-order chi connectivity index (χ0) is 13.7. The minimum absolute atomic E-state index is 0.155. The van der Waals surface area contributed by atoms with Crippen molar-refractivity contribution < 1.29 is 14.6 Å². The van der Waals surface area contributed by atoms with Crippen molar-refractivity contribution in [3.63, 3.8) is 0 Å². The third-order valence-electron chi connectivity index (χ3n) is 3.43. The fraction of sp³-hybridized carbons (Fsp3) is 0.400. The standard InChI is InChI=1S/C15H19NO3/c1-2-14-13(7-8-19-14)10-16-9-11-3-5-12(6-4-11)15(17)18/h2-6,13-14,16H,1,7-10H2,(H,17,18)/t13-,14-/m0/s1. The number of aromatic carboxylic acids is 1. The molecule has 4 heteroatoms. The van der Waals surface area contributed by atoms with E-state index < -0.39 is 5.97 Å². The van der Waals surface area contributed by atoms with Gasteiger partial charge in [0.05, 0.1) is 11.7 Å². The van der Waals surface area contributed by atoms with Gasteiger partial charge in [-0.2, -0.15) is 0 Å². The van der Waals surface area contributed by atoms with Crippen LogP contribution >= 0.6 is 0 Å². The number of rotatable bonds is 6. The van der Waals surface area contributed by atoms with Crippen molar-refractivity contribution >= 4 is 5.97 Å². The van der Waals surface area contributed by atoms with E-state index in [1.807, 2.05) is 18.2 Å². The lowest BCUT2D eigenvalue weighted by Crippen LogP contribution is -2.27. The number of benzene rings is 1. The van der Waals surface area contributed by atoms with Crippen molar-refractivity contribution in [1.82, 2.24) is 5.32 Å². The van der Waals surface area contributed by atoms with Crippen LogP contribution in [0.25, 0.3) is 0 Å². The van der Waals surface area contributed by atoms with Crippen LogP contribution in [0.1, 0.15) is 22.3 Å². The van der Waals surface area contributed by atoms with E-state index in [1.165, 1.54) is 0 Å². The van der Waals surface area contributed by atoms with Crippen molar-refractivity contribution in [2.75, 3.05) is 13.2 Å². The van der Waals surface area contributed by atoms with Gasteiger partial charge in [-0.1, -0.05) is 18.2 Å². The van der Waals surface area contributed by atoms with Crippen LogP contribution in [0, 0.1) is 5.92 Å². The maximum absolute atomic E-state index is 10.7. The van der Waals surface area contributed by atoms with Gasteiger partial charge in [0.2, 0.25) is 0 Å². The van der Waals surface area contributed by atoms with Crippen molar-refractivity contribution in [3.8, 4) is 0 Å². The van der Waals surface area contributed by atoms with Crippen LogP contribution in [0.2, 0.25) is 0 Å². The number of hydrogen-bond donors (Lipinski definition) is 2. The molecule has 4 nitrogen and oxygen atoms in total. The molecule has 2 atom stereocenters. The summed E-state index contributed by atoms with van der Waals surface area (Å²) in [6, 6.07) is 6.94. The molecule has 0 bridgehead atoms. The maximum Gasteiger partial charge on any atom is 0.335 e. The summed E-state index contributed by atoms with van der Waals surface area (Å²) in [7, 11) is 0. The Labute approximate surface area is 113 Å². The zero-order valence-corrected chi connectivity index (χ0v) is 10.8. The van der Waals surface area contributed by atoms with Crippen LogP contribution in [0.4, 0.5) is 0 Å². The van der Waals surface area contributed by atoms with Gasteiger partial charge in [-0.25, -0.2) is 4.79 Å². The second-order valence-electron chi connectivity index (χ2n) is 4.75. The molecule has 102 valence electrons. The highest BCUT2D eigenvalue weighted by Gasteiger charge is 2.24. The molecule has 1 aliphatic rings. The smallest absolute Gasteiger partial charge is 0.335 e.